The summed E-state index contributed by atoms with van der Waals surface area (Å²) in [7, 11) is -3.93. The summed E-state index contributed by atoms with van der Waals surface area (Å²) < 4.78 is 31.3. The maximum Gasteiger partial charge on any atom is 0.264 e. The average Bonchev–Trinajstić information content (AvgIpc) is 2.91. The summed E-state index contributed by atoms with van der Waals surface area (Å²) in [4.78, 5) is 4.73. The lowest BCUT2D eigenvalue weighted by atomic mass is 9.97. The van der Waals surface area contributed by atoms with Crippen LogP contribution < -0.4 is 9.80 Å². The van der Waals surface area contributed by atoms with Gasteiger partial charge in [-0.15, -0.1) is 0 Å². The van der Waals surface area contributed by atoms with E-state index in [-0.39, 0.29) is 5.75 Å². The highest BCUT2D eigenvalue weighted by Gasteiger charge is 2.17. The smallest absolute Gasteiger partial charge is 0.264 e. The highest BCUT2D eigenvalue weighted by Crippen LogP contribution is 2.32. The molecule has 0 radical (unpaired) electrons. The van der Waals surface area contributed by atoms with Gasteiger partial charge in [0.05, 0.1) is 5.75 Å². The summed E-state index contributed by atoms with van der Waals surface area (Å²) in [5, 5.41) is 0. The molecule has 0 aromatic heterocycles. The van der Waals surface area contributed by atoms with E-state index in [1.54, 1.807) is 0 Å². The molecule has 1 heterocycles. The molecule has 38 heavy (non-hydrogen) atoms. The van der Waals surface area contributed by atoms with Crippen LogP contribution >= 0.6 is 0 Å². The molecule has 1 N–H and O–H groups in total. The fourth-order valence-corrected chi connectivity index (χ4v) is 5.52. The molecule has 0 spiro atoms. The Kier molecular flexibility index (Phi) is 12.4. The molecular formula is C32H46N2O3S. The maximum atomic E-state index is 11.1. The van der Waals surface area contributed by atoms with Crippen LogP contribution in [0.15, 0.2) is 60.7 Å². The van der Waals surface area contributed by atoms with Gasteiger partial charge in [-0.3, -0.25) is 4.55 Å². The van der Waals surface area contributed by atoms with Crippen molar-refractivity contribution in [2.75, 3.05) is 41.7 Å². The summed E-state index contributed by atoms with van der Waals surface area (Å²) >= 11 is 0. The largest absolute Gasteiger partial charge is 0.372 e. The van der Waals surface area contributed by atoms with Gasteiger partial charge in [0.2, 0.25) is 0 Å². The van der Waals surface area contributed by atoms with Gasteiger partial charge in [0.1, 0.15) is 0 Å². The van der Waals surface area contributed by atoms with Crippen molar-refractivity contribution in [2.45, 2.75) is 71.6 Å². The first-order valence-electron chi connectivity index (χ1n) is 14.4. The van der Waals surface area contributed by atoms with Crippen molar-refractivity contribution in [3.05, 3.63) is 71.8 Å². The second-order valence-corrected chi connectivity index (χ2v) is 11.9. The lowest BCUT2D eigenvalue weighted by molar-refractivity contribution is 0.481. The monoisotopic (exact) mass is 538 g/mol. The van der Waals surface area contributed by atoms with Gasteiger partial charge in [0, 0.05) is 43.1 Å². The third kappa shape index (κ3) is 9.95. The quantitative estimate of drug-likeness (QED) is 0.164. The lowest BCUT2D eigenvalue weighted by Gasteiger charge is -2.30. The van der Waals surface area contributed by atoms with Gasteiger partial charge in [-0.1, -0.05) is 101 Å². The van der Waals surface area contributed by atoms with E-state index >= 15 is 0 Å². The number of hydrogen-bond donors (Lipinski definition) is 1. The summed E-state index contributed by atoms with van der Waals surface area (Å²) in [5.41, 5.74) is 5.91. The molecule has 1 aliphatic rings. The van der Waals surface area contributed by atoms with Crippen LogP contribution in [-0.2, 0) is 10.1 Å². The summed E-state index contributed by atoms with van der Waals surface area (Å²) in [6.45, 7) is 8.09. The van der Waals surface area contributed by atoms with Crippen LogP contribution in [0.3, 0.4) is 0 Å². The van der Waals surface area contributed by atoms with Crippen LogP contribution in [-0.4, -0.2) is 44.9 Å². The second kappa shape index (κ2) is 15.7. The summed E-state index contributed by atoms with van der Waals surface area (Å²) in [6.07, 6.45) is 17.2. The lowest BCUT2D eigenvalue weighted by Crippen LogP contribution is -2.29. The molecule has 5 nitrogen and oxygen atoms in total. The Morgan fingerprint density at radius 2 is 1.50 bits per heavy atom. The van der Waals surface area contributed by atoms with Crippen LogP contribution in [0, 0.1) is 0 Å². The van der Waals surface area contributed by atoms with E-state index in [0.29, 0.717) is 19.5 Å². The molecule has 0 fully saturated rings. The molecule has 0 atom stereocenters. The van der Waals surface area contributed by atoms with Crippen LogP contribution in [0.4, 0.5) is 11.4 Å². The van der Waals surface area contributed by atoms with Crippen LogP contribution in [0.25, 0.3) is 11.6 Å². The normalized spacial score (nSPS) is 13.6. The van der Waals surface area contributed by atoms with E-state index < -0.39 is 10.1 Å². The predicted molar refractivity (Wildman–Crippen MR) is 164 cm³/mol. The van der Waals surface area contributed by atoms with Crippen LogP contribution in [0.2, 0.25) is 0 Å². The SMILES string of the molecule is CCCCCCN(CCCCCC)c1ccc(C=CC2=CCN(CCCS(=O)(=O)O)c3ccccc32)cc1. The second-order valence-electron chi connectivity index (χ2n) is 10.3. The first-order valence-corrected chi connectivity index (χ1v) is 16.0. The number of hydrogen-bond acceptors (Lipinski definition) is 4. The fourth-order valence-electron chi connectivity index (χ4n) is 5.03. The Morgan fingerprint density at radius 3 is 2.13 bits per heavy atom. The molecule has 0 saturated carbocycles. The number of anilines is 2. The van der Waals surface area contributed by atoms with E-state index in [9.17, 15) is 8.42 Å². The minimum atomic E-state index is -3.93. The molecule has 0 bridgehead atoms. The maximum absolute atomic E-state index is 11.1. The van der Waals surface area contributed by atoms with Gasteiger partial charge in [0.25, 0.3) is 10.1 Å². The number of allylic oxidation sites excluding steroid dienone is 2. The van der Waals surface area contributed by atoms with Gasteiger partial charge in [-0.25, -0.2) is 0 Å². The molecule has 2 aromatic rings. The van der Waals surface area contributed by atoms with Crippen molar-refractivity contribution in [3.63, 3.8) is 0 Å². The topological polar surface area (TPSA) is 60.9 Å². The van der Waals surface area contributed by atoms with Crippen molar-refractivity contribution in [3.8, 4) is 0 Å². The molecule has 0 amide bonds. The molecule has 0 unspecified atom stereocenters. The Morgan fingerprint density at radius 1 is 0.842 bits per heavy atom. The first-order chi connectivity index (χ1) is 18.4. The molecule has 0 aliphatic carbocycles. The van der Waals surface area contributed by atoms with Crippen LogP contribution in [0.1, 0.15) is 82.8 Å². The molecule has 208 valence electrons. The Hall–Kier alpha value is -2.57. The van der Waals surface area contributed by atoms with Gasteiger partial charge < -0.3 is 9.80 Å². The minimum absolute atomic E-state index is 0.215. The Labute approximate surface area is 231 Å². The summed E-state index contributed by atoms with van der Waals surface area (Å²) in [5.74, 6) is -0.215. The van der Waals surface area contributed by atoms with E-state index in [0.717, 1.165) is 24.3 Å². The van der Waals surface area contributed by atoms with Crippen molar-refractivity contribution in [1.29, 1.82) is 0 Å². The zero-order valence-electron chi connectivity index (χ0n) is 23.3. The van der Waals surface area contributed by atoms with Gasteiger partial charge in [0.15, 0.2) is 0 Å². The number of fused-ring (bicyclic) bond motifs is 1. The van der Waals surface area contributed by atoms with Gasteiger partial charge in [-0.05, 0) is 48.6 Å². The van der Waals surface area contributed by atoms with Crippen molar-refractivity contribution in [1.82, 2.24) is 0 Å². The average molecular weight is 539 g/mol. The molecular weight excluding hydrogens is 492 g/mol. The van der Waals surface area contributed by atoms with Crippen molar-refractivity contribution in [2.24, 2.45) is 0 Å². The van der Waals surface area contributed by atoms with Crippen LogP contribution in [0.5, 0.6) is 0 Å². The number of unbranched alkanes of at least 4 members (excludes halogenated alkanes) is 6. The zero-order chi connectivity index (χ0) is 27.2. The standard InChI is InChI=1S/C32H46N2O3S/c1-3-5-7-11-23-33(24-12-8-6-4-2)30-20-17-28(18-21-30)16-19-29-22-26-34(25-13-27-38(35,36)37)32-15-10-9-14-31(29)32/h9-10,14-22H,3-8,11-13,23-27H2,1-2H3,(H,35,36,37). The Balaban J connectivity index is 1.65. The molecule has 3 rings (SSSR count). The fraction of sp³-hybridized carbons (Fsp3) is 0.500. The highest BCUT2D eigenvalue weighted by atomic mass is 32.2. The van der Waals surface area contributed by atoms with Crippen molar-refractivity contribution < 1.29 is 13.0 Å². The predicted octanol–water partition coefficient (Wildman–Crippen LogP) is 7.85. The van der Waals surface area contributed by atoms with E-state index in [1.807, 2.05) is 12.1 Å². The van der Waals surface area contributed by atoms with Gasteiger partial charge >= 0.3 is 0 Å². The molecule has 0 saturated heterocycles. The van der Waals surface area contributed by atoms with Gasteiger partial charge in [-0.2, -0.15) is 8.42 Å². The number of rotatable bonds is 17. The molecule has 1 aliphatic heterocycles. The Bertz CT molecular complexity index is 1130. The minimum Gasteiger partial charge on any atom is -0.372 e. The van der Waals surface area contributed by atoms with E-state index in [2.05, 4.69) is 78.3 Å². The third-order valence-electron chi connectivity index (χ3n) is 7.19. The zero-order valence-corrected chi connectivity index (χ0v) is 24.1. The first kappa shape index (κ1) is 30.0. The highest BCUT2D eigenvalue weighted by molar-refractivity contribution is 7.85. The molecule has 2 aromatic carbocycles. The number of para-hydroxylation sites is 1. The number of benzene rings is 2. The van der Waals surface area contributed by atoms with E-state index in [1.165, 1.54) is 68.2 Å². The summed E-state index contributed by atoms with van der Waals surface area (Å²) in [6, 6.07) is 17.2. The third-order valence-corrected chi connectivity index (χ3v) is 8.00. The molecule has 6 heteroatoms. The van der Waals surface area contributed by atoms with Crippen molar-refractivity contribution >= 4 is 33.1 Å². The number of nitrogens with zero attached hydrogens (tertiary/aromatic N) is 2. The van der Waals surface area contributed by atoms with E-state index in [4.69, 9.17) is 4.55 Å².